The zero-order chi connectivity index (χ0) is 66.9. The standard InChI is InChI=1S/C73H80Cl2N14O8/c1-5-52(3)88-70(90)86(49-81-88)61-15-11-57(12-16-61)76-32-33-77-58-13-23-63(24-14-58)92-45-65-47-94-72(96-65,56-10-27-68(74)51(2)40-56)41-55-30-35-85(80-44-55)34-29-53(4)89-71(91)87(50-82-89)62-19-17-59(18-20-62)83-36-38-84(39-37-83)60-21-25-64(26-22-60)93-46-66-48-95-73(97-66,42-54-28-31-78-79-43-54)67-8-6-7-9-69(67)75/h6-28,30-31,35,40,43-44,49-50,52-53,65-66,76-77,85H,5,29,32-34,36-39,41-42,45-48H2,1-4H3/t52?,53?,65-,66-,72+,73+/m1/s1. The maximum Gasteiger partial charge on any atom is 0.350 e. The molecular formula is C73H80Cl2N14O8. The summed E-state index contributed by atoms with van der Waals surface area (Å²) in [5.41, 5.74) is 14.6. The summed E-state index contributed by atoms with van der Waals surface area (Å²) in [4.78, 5) is 31.5. The Bertz CT molecular complexity index is 4300. The van der Waals surface area contributed by atoms with E-state index in [1.54, 1.807) is 38.9 Å². The van der Waals surface area contributed by atoms with E-state index in [2.05, 4.69) is 71.2 Å². The highest BCUT2D eigenvalue weighted by Crippen LogP contribution is 2.43. The summed E-state index contributed by atoms with van der Waals surface area (Å²) in [7, 11) is 0. The molecule has 0 amide bonds. The van der Waals surface area contributed by atoms with Gasteiger partial charge in [0, 0.05) is 109 Å². The normalized spacial score (nSPS) is 20.7. The summed E-state index contributed by atoms with van der Waals surface area (Å²) in [5.74, 6) is -0.701. The van der Waals surface area contributed by atoms with Gasteiger partial charge in [-0.05, 0) is 166 Å². The third kappa shape index (κ3) is 15.5. The number of aromatic nitrogens is 8. The van der Waals surface area contributed by atoms with E-state index >= 15 is 0 Å². The molecule has 22 nitrogen and oxygen atoms in total. The first-order valence-corrected chi connectivity index (χ1v) is 33.8. The maximum absolute atomic E-state index is 13.9. The van der Waals surface area contributed by atoms with Crippen LogP contribution in [-0.2, 0) is 36.9 Å². The lowest BCUT2D eigenvalue weighted by Crippen LogP contribution is -3.03. The number of ether oxygens (including phenoxy) is 6. The lowest BCUT2D eigenvalue weighted by atomic mass is 9.96. The second kappa shape index (κ2) is 30.0. The van der Waals surface area contributed by atoms with Crippen LogP contribution in [0.15, 0.2) is 204 Å². The number of nitrogens with zero attached hydrogens (tertiary/aromatic N) is 11. The van der Waals surface area contributed by atoms with Crippen molar-refractivity contribution in [2.45, 2.75) is 89.2 Å². The van der Waals surface area contributed by atoms with Crippen LogP contribution >= 0.6 is 23.2 Å². The van der Waals surface area contributed by atoms with E-state index in [1.807, 2.05) is 161 Å². The van der Waals surface area contributed by atoms with E-state index < -0.39 is 11.6 Å². The molecule has 3 saturated heterocycles. The molecule has 7 atom stereocenters. The van der Waals surface area contributed by atoms with Crippen molar-refractivity contribution in [3.63, 3.8) is 0 Å². The van der Waals surface area contributed by atoms with E-state index in [0.29, 0.717) is 74.5 Å². The number of hydrogen-bond donors (Lipinski definition) is 3. The van der Waals surface area contributed by atoms with Gasteiger partial charge in [0.2, 0.25) is 5.79 Å². The lowest BCUT2D eigenvalue weighted by molar-refractivity contribution is -0.804. The largest absolute Gasteiger partial charge is 0.491 e. The van der Waals surface area contributed by atoms with Gasteiger partial charge in [-0.3, -0.25) is 0 Å². The molecule has 504 valence electrons. The molecule has 24 heteroatoms. The third-order valence-corrected chi connectivity index (χ3v) is 19.0. The van der Waals surface area contributed by atoms with E-state index in [1.165, 1.54) is 4.68 Å². The fraction of sp³-hybridized carbons (Fsp3) is 0.342. The number of aryl methyl sites for hydroxylation is 1. The molecule has 13 rings (SSSR count). The third-order valence-electron chi connectivity index (χ3n) is 18.3. The van der Waals surface area contributed by atoms with Gasteiger partial charge < -0.3 is 59.3 Å². The Morgan fingerprint density at radius 3 is 1.78 bits per heavy atom. The fourth-order valence-corrected chi connectivity index (χ4v) is 12.9. The van der Waals surface area contributed by atoms with Crippen LogP contribution in [0.5, 0.6) is 11.5 Å². The van der Waals surface area contributed by atoms with Gasteiger partial charge >= 0.3 is 11.4 Å². The zero-order valence-corrected chi connectivity index (χ0v) is 56.3. The van der Waals surface area contributed by atoms with Gasteiger partial charge in [-0.1, -0.05) is 60.0 Å². The summed E-state index contributed by atoms with van der Waals surface area (Å²) < 4.78 is 45.2. The number of quaternary nitrogens is 1. The van der Waals surface area contributed by atoms with E-state index in [0.717, 1.165) is 105 Å². The first kappa shape index (κ1) is 66.4. The minimum Gasteiger partial charge on any atom is -0.491 e. The molecule has 0 saturated carbocycles. The molecule has 6 aromatic carbocycles. The Balaban J connectivity index is 0.538. The van der Waals surface area contributed by atoms with Gasteiger partial charge in [0.15, 0.2) is 5.79 Å². The van der Waals surface area contributed by atoms with Crippen LogP contribution in [0.2, 0.25) is 10.0 Å². The van der Waals surface area contributed by atoms with Crippen molar-refractivity contribution in [3.8, 4) is 22.9 Å². The predicted octanol–water partition coefficient (Wildman–Crippen LogP) is 10.8. The average molecular weight is 1350 g/mol. The summed E-state index contributed by atoms with van der Waals surface area (Å²) in [6, 6.07) is 47.1. The summed E-state index contributed by atoms with van der Waals surface area (Å²) in [5, 5.41) is 25.8. The van der Waals surface area contributed by atoms with Crippen molar-refractivity contribution in [2.24, 2.45) is 0 Å². The number of allylic oxidation sites excluding steroid dienone is 1. The Kier molecular flexibility index (Phi) is 20.5. The van der Waals surface area contributed by atoms with Crippen LogP contribution in [0.3, 0.4) is 0 Å². The Hall–Kier alpha value is -9.26. The molecule has 3 aromatic heterocycles. The van der Waals surface area contributed by atoms with Crippen molar-refractivity contribution in [3.05, 3.63) is 253 Å². The van der Waals surface area contributed by atoms with Crippen LogP contribution < -0.4 is 46.3 Å². The number of hydrogen-bond acceptors (Lipinski definition) is 16. The van der Waals surface area contributed by atoms with Crippen LogP contribution in [0.1, 0.15) is 74.4 Å². The summed E-state index contributed by atoms with van der Waals surface area (Å²) >= 11 is 13.2. The minimum absolute atomic E-state index is 0.0392. The van der Waals surface area contributed by atoms with Gasteiger partial charge in [-0.15, -0.1) is 6.20 Å². The quantitative estimate of drug-likeness (QED) is 0.0409. The van der Waals surface area contributed by atoms with Crippen molar-refractivity contribution in [1.82, 2.24) is 38.9 Å². The molecule has 0 spiro atoms. The minimum atomic E-state index is -1.09. The van der Waals surface area contributed by atoms with Gasteiger partial charge in [0.1, 0.15) is 49.6 Å². The average Bonchev–Trinajstić information content (AvgIpc) is 1.71. The molecule has 97 heavy (non-hydrogen) atoms. The molecule has 9 aromatic rings. The van der Waals surface area contributed by atoms with Crippen LogP contribution in [0.25, 0.3) is 16.8 Å². The summed E-state index contributed by atoms with van der Waals surface area (Å²) in [6.45, 7) is 14.7. The predicted molar refractivity (Wildman–Crippen MR) is 375 cm³/mol. The molecule has 3 N–H and O–H groups in total. The molecule has 3 fully saturated rings. The molecule has 4 aliphatic rings. The van der Waals surface area contributed by atoms with Gasteiger partial charge in [-0.25, -0.2) is 28.1 Å². The molecule has 0 radical (unpaired) electrons. The molecular weight excluding hydrogens is 1270 g/mol. The smallest absolute Gasteiger partial charge is 0.350 e. The van der Waals surface area contributed by atoms with Gasteiger partial charge in [-0.2, -0.15) is 20.4 Å². The Morgan fingerprint density at radius 2 is 1.21 bits per heavy atom. The highest BCUT2D eigenvalue weighted by Gasteiger charge is 2.46. The van der Waals surface area contributed by atoms with E-state index in [-0.39, 0.29) is 42.3 Å². The van der Waals surface area contributed by atoms with Crippen molar-refractivity contribution >= 4 is 46.0 Å². The van der Waals surface area contributed by atoms with Crippen molar-refractivity contribution in [1.29, 1.82) is 0 Å². The number of rotatable bonds is 27. The first-order valence-electron chi connectivity index (χ1n) is 33.1. The molecule has 3 unspecified atom stereocenters. The topological polar surface area (TPSA) is 210 Å². The Morgan fingerprint density at radius 1 is 0.649 bits per heavy atom. The van der Waals surface area contributed by atoms with Crippen molar-refractivity contribution < 1.29 is 33.4 Å². The number of nitrogens with one attached hydrogen (secondary N) is 3. The molecule has 0 aliphatic carbocycles. The number of anilines is 4. The van der Waals surface area contributed by atoms with Crippen LogP contribution in [0, 0.1) is 6.92 Å². The fourth-order valence-electron chi connectivity index (χ4n) is 12.5. The maximum atomic E-state index is 13.9. The van der Waals surface area contributed by atoms with E-state index in [9.17, 15) is 9.59 Å². The second-order valence-corrected chi connectivity index (χ2v) is 25.8. The first-order chi connectivity index (χ1) is 47.3. The van der Waals surface area contributed by atoms with Crippen molar-refractivity contribution in [2.75, 3.05) is 92.7 Å². The highest BCUT2D eigenvalue weighted by molar-refractivity contribution is 6.31. The molecule has 7 heterocycles. The summed E-state index contributed by atoms with van der Waals surface area (Å²) in [6.07, 6.45) is 14.2. The highest BCUT2D eigenvalue weighted by atomic mass is 35.5. The SMILES string of the molecule is CCC(C)n1ncn(-c2ccc(NCCNc3ccc(OC[C@@H]4CO[C@](CC5=C[N-][NH+](CCC(C)n6ncn(-c7ccc(N8CCN(c9ccc(OC[C@@H]%10CO[C@](Cc%11ccnnc%11)(c%11ccccc%11Cl)O%10)cc9)CC8)cc7)c6=O)C=C5)(c5ccc(Cl)c(C)c5)O4)cc3)cc2)c1=O. The zero-order valence-electron chi connectivity index (χ0n) is 54.8. The number of halogens is 2. The van der Waals surface area contributed by atoms with E-state index in [4.69, 9.17) is 57.0 Å². The number of piperazine rings is 1. The monoisotopic (exact) mass is 1350 g/mol. The van der Waals surface area contributed by atoms with Gasteiger partial charge in [0.25, 0.3) is 0 Å². The molecule has 0 bridgehead atoms. The second-order valence-electron chi connectivity index (χ2n) is 24.9. The molecule has 4 aliphatic heterocycles. The Labute approximate surface area is 573 Å². The van der Waals surface area contributed by atoms with Crippen LogP contribution in [-0.4, -0.2) is 123 Å². The lowest BCUT2D eigenvalue weighted by Gasteiger charge is -2.37. The number of benzene rings is 6. The van der Waals surface area contributed by atoms with Crippen LogP contribution in [0.4, 0.5) is 22.7 Å². The van der Waals surface area contributed by atoms with Gasteiger partial charge in [0.05, 0.1) is 55.6 Å².